The molecule has 0 atom stereocenters. The van der Waals surface area contributed by atoms with Gasteiger partial charge in [0.05, 0.1) is 12.1 Å². The molecular formula is C24H24ClN5OS2. The minimum atomic E-state index is -0.0610. The first-order chi connectivity index (χ1) is 15.9. The van der Waals surface area contributed by atoms with E-state index in [-0.39, 0.29) is 12.3 Å². The lowest BCUT2D eigenvalue weighted by atomic mass is 10.1. The van der Waals surface area contributed by atoms with Gasteiger partial charge in [0.1, 0.15) is 5.01 Å². The molecule has 33 heavy (non-hydrogen) atoms. The summed E-state index contributed by atoms with van der Waals surface area (Å²) in [6.07, 6.45) is 0.257. The van der Waals surface area contributed by atoms with Crippen molar-refractivity contribution >= 4 is 46.3 Å². The van der Waals surface area contributed by atoms with E-state index < -0.39 is 0 Å². The van der Waals surface area contributed by atoms with Crippen LogP contribution in [0.5, 0.6) is 0 Å². The summed E-state index contributed by atoms with van der Waals surface area (Å²) >= 11 is 9.22. The molecule has 0 aliphatic carbocycles. The molecule has 9 heteroatoms. The molecule has 2 aromatic heterocycles. The number of amides is 1. The number of aryl methyl sites for hydroxylation is 2. The van der Waals surface area contributed by atoms with Gasteiger partial charge in [0.25, 0.3) is 0 Å². The zero-order valence-corrected chi connectivity index (χ0v) is 21.0. The summed E-state index contributed by atoms with van der Waals surface area (Å²) in [4.78, 5) is 17.1. The van der Waals surface area contributed by atoms with E-state index in [1.165, 1.54) is 11.3 Å². The first-order valence-electron chi connectivity index (χ1n) is 10.5. The average molecular weight is 498 g/mol. The summed E-state index contributed by atoms with van der Waals surface area (Å²) in [5, 5.41) is 16.0. The first kappa shape index (κ1) is 23.5. The number of carbonyl (C=O) groups is 1. The molecule has 4 aromatic rings. The topological polar surface area (TPSA) is 72.7 Å². The lowest BCUT2D eigenvalue weighted by molar-refractivity contribution is -0.115. The molecule has 1 amide bonds. The number of nitrogens with zero attached hydrogens (tertiary/aromatic N) is 4. The molecule has 0 spiro atoms. The minimum absolute atomic E-state index is 0.0610. The molecule has 0 unspecified atom stereocenters. The van der Waals surface area contributed by atoms with Crippen LogP contribution < -0.4 is 5.32 Å². The molecule has 0 bridgehead atoms. The van der Waals surface area contributed by atoms with Crippen molar-refractivity contribution in [3.63, 3.8) is 0 Å². The fourth-order valence-corrected chi connectivity index (χ4v) is 5.34. The summed E-state index contributed by atoms with van der Waals surface area (Å²) < 4.78 is 2.07. The van der Waals surface area contributed by atoms with Crippen molar-refractivity contribution in [1.82, 2.24) is 19.7 Å². The summed E-state index contributed by atoms with van der Waals surface area (Å²) in [5.74, 6) is 1.39. The second kappa shape index (κ2) is 10.5. The van der Waals surface area contributed by atoms with Gasteiger partial charge < -0.3 is 9.88 Å². The van der Waals surface area contributed by atoms with Gasteiger partial charge in [-0.2, -0.15) is 0 Å². The van der Waals surface area contributed by atoms with Crippen LogP contribution in [-0.2, 0) is 23.5 Å². The number of halogens is 1. The number of nitrogens with one attached hydrogen (secondary N) is 1. The number of aromatic nitrogens is 4. The maximum Gasteiger partial charge on any atom is 0.231 e. The Hall–Kier alpha value is -2.68. The summed E-state index contributed by atoms with van der Waals surface area (Å²) in [6, 6.07) is 13.7. The number of anilines is 1. The monoisotopic (exact) mass is 497 g/mol. The van der Waals surface area contributed by atoms with Crippen molar-refractivity contribution in [2.75, 3.05) is 5.32 Å². The minimum Gasteiger partial charge on any atom is -0.325 e. The van der Waals surface area contributed by atoms with Gasteiger partial charge in [0.15, 0.2) is 11.0 Å². The third-order valence-electron chi connectivity index (χ3n) is 5.04. The molecule has 4 rings (SSSR count). The van der Waals surface area contributed by atoms with E-state index in [9.17, 15) is 4.79 Å². The highest BCUT2D eigenvalue weighted by atomic mass is 35.5. The first-order valence-corrected chi connectivity index (χ1v) is 12.8. The Kier molecular flexibility index (Phi) is 7.47. The number of thiazole rings is 1. The molecule has 0 radical (unpaired) electrons. The Bertz CT molecular complexity index is 1280. The van der Waals surface area contributed by atoms with Gasteiger partial charge in [-0.05, 0) is 50.1 Å². The van der Waals surface area contributed by atoms with Crippen LogP contribution in [0.15, 0.2) is 53.0 Å². The number of benzene rings is 2. The highest BCUT2D eigenvalue weighted by molar-refractivity contribution is 7.98. The Balaban J connectivity index is 1.38. The summed E-state index contributed by atoms with van der Waals surface area (Å²) in [5.41, 5.74) is 4.87. The fourth-order valence-electron chi connectivity index (χ4n) is 3.36. The lowest BCUT2D eigenvalue weighted by Gasteiger charge is -2.08. The molecule has 1 N–H and O–H groups in total. The number of hydrogen-bond acceptors (Lipinski definition) is 6. The van der Waals surface area contributed by atoms with Gasteiger partial charge >= 0.3 is 0 Å². The fraction of sp³-hybridized carbons (Fsp3) is 0.250. The molecule has 0 aliphatic rings. The van der Waals surface area contributed by atoms with E-state index in [0.717, 1.165) is 50.6 Å². The largest absolute Gasteiger partial charge is 0.325 e. The van der Waals surface area contributed by atoms with E-state index in [0.29, 0.717) is 10.8 Å². The van der Waals surface area contributed by atoms with Gasteiger partial charge in [-0.3, -0.25) is 4.79 Å². The van der Waals surface area contributed by atoms with Crippen LogP contribution in [0.25, 0.3) is 11.4 Å². The molecule has 6 nitrogen and oxygen atoms in total. The molecule has 2 aromatic carbocycles. The third kappa shape index (κ3) is 5.82. The standard InChI is InChI=1S/C24H24ClN5OS2/c1-4-30-23(17-6-5-7-18(25)11-17)28-29-24(30)33-14-19-13-32-22(26-19)12-21(31)27-20-10-15(2)8-9-16(20)3/h5-11,13H,4,12,14H2,1-3H3,(H,27,31). The van der Waals surface area contributed by atoms with Gasteiger partial charge in [-0.15, -0.1) is 21.5 Å². The maximum atomic E-state index is 12.5. The zero-order chi connectivity index (χ0) is 23.4. The zero-order valence-electron chi connectivity index (χ0n) is 18.6. The lowest BCUT2D eigenvalue weighted by Crippen LogP contribution is -2.15. The number of carbonyl (C=O) groups excluding carboxylic acids is 1. The Morgan fingerprint density at radius 1 is 1.18 bits per heavy atom. The normalized spacial score (nSPS) is 11.0. The van der Waals surface area contributed by atoms with Crippen LogP contribution in [0.1, 0.15) is 28.8 Å². The van der Waals surface area contributed by atoms with Crippen molar-refractivity contribution < 1.29 is 4.79 Å². The summed E-state index contributed by atoms with van der Waals surface area (Å²) in [7, 11) is 0. The smallest absolute Gasteiger partial charge is 0.231 e. The van der Waals surface area contributed by atoms with Crippen LogP contribution in [0.4, 0.5) is 5.69 Å². The molecule has 0 saturated heterocycles. The van der Waals surface area contributed by atoms with Crippen LogP contribution in [0, 0.1) is 13.8 Å². The van der Waals surface area contributed by atoms with Crippen LogP contribution >= 0.6 is 34.7 Å². The molecule has 0 aliphatic heterocycles. The number of thioether (sulfide) groups is 1. The molecule has 0 saturated carbocycles. The predicted molar refractivity (Wildman–Crippen MR) is 136 cm³/mol. The average Bonchev–Trinajstić information content (AvgIpc) is 3.41. The predicted octanol–water partition coefficient (Wildman–Crippen LogP) is 6.17. The van der Waals surface area contributed by atoms with E-state index in [2.05, 4.69) is 32.0 Å². The second-order valence-corrected chi connectivity index (χ2v) is 9.95. The van der Waals surface area contributed by atoms with Crippen molar-refractivity contribution in [2.45, 2.75) is 44.6 Å². The van der Waals surface area contributed by atoms with Gasteiger partial charge in [-0.1, -0.05) is 47.6 Å². The third-order valence-corrected chi connectivity index (χ3v) is 7.18. The van der Waals surface area contributed by atoms with Gasteiger partial charge in [0, 0.05) is 34.0 Å². The van der Waals surface area contributed by atoms with Crippen molar-refractivity contribution in [1.29, 1.82) is 0 Å². The quantitative estimate of drug-likeness (QED) is 0.295. The van der Waals surface area contributed by atoms with Gasteiger partial charge in [0.2, 0.25) is 5.91 Å². The summed E-state index contributed by atoms with van der Waals surface area (Å²) in [6.45, 7) is 6.81. The van der Waals surface area contributed by atoms with E-state index in [4.69, 9.17) is 11.6 Å². The van der Waals surface area contributed by atoms with Crippen molar-refractivity contribution in [3.8, 4) is 11.4 Å². The van der Waals surface area contributed by atoms with Crippen LogP contribution in [-0.4, -0.2) is 25.7 Å². The number of hydrogen-bond donors (Lipinski definition) is 1. The highest BCUT2D eigenvalue weighted by Gasteiger charge is 2.15. The van der Waals surface area contributed by atoms with Gasteiger partial charge in [-0.25, -0.2) is 4.98 Å². The van der Waals surface area contributed by atoms with Crippen molar-refractivity contribution in [3.05, 3.63) is 74.7 Å². The Labute approximate surface area is 206 Å². The van der Waals surface area contributed by atoms with E-state index in [1.54, 1.807) is 11.8 Å². The Morgan fingerprint density at radius 3 is 2.82 bits per heavy atom. The molecule has 170 valence electrons. The van der Waals surface area contributed by atoms with E-state index >= 15 is 0 Å². The van der Waals surface area contributed by atoms with Crippen LogP contribution in [0.3, 0.4) is 0 Å². The second-order valence-electron chi connectivity index (χ2n) is 7.63. The van der Waals surface area contributed by atoms with E-state index in [1.807, 2.05) is 61.7 Å². The Morgan fingerprint density at radius 2 is 2.03 bits per heavy atom. The molecule has 0 fully saturated rings. The molecular weight excluding hydrogens is 474 g/mol. The maximum absolute atomic E-state index is 12.5. The highest BCUT2D eigenvalue weighted by Crippen LogP contribution is 2.28. The van der Waals surface area contributed by atoms with Crippen LogP contribution in [0.2, 0.25) is 5.02 Å². The molecule has 2 heterocycles. The SMILES string of the molecule is CCn1c(SCc2csc(CC(=O)Nc3cc(C)ccc3C)n2)nnc1-c1cccc(Cl)c1. The van der Waals surface area contributed by atoms with Crippen molar-refractivity contribution in [2.24, 2.45) is 0 Å². The number of rotatable bonds is 8.